The number of nitrogens with zero attached hydrogens (tertiary/aromatic N) is 4. The third kappa shape index (κ3) is 5.77. The highest BCUT2D eigenvalue weighted by atomic mass is 19.1. The molecule has 1 saturated carbocycles. The minimum Gasteiger partial charge on any atom is -0.393 e. The van der Waals surface area contributed by atoms with Crippen molar-refractivity contribution in [3.8, 4) is 22.3 Å². The van der Waals surface area contributed by atoms with Gasteiger partial charge < -0.3 is 19.5 Å². The van der Waals surface area contributed by atoms with Gasteiger partial charge in [0.1, 0.15) is 17.2 Å². The number of hydrogen-bond donors (Lipinski definition) is 2. The summed E-state index contributed by atoms with van der Waals surface area (Å²) in [6.07, 6.45) is 0.920. The molecule has 204 valence electrons. The van der Waals surface area contributed by atoms with Crippen molar-refractivity contribution in [1.82, 2.24) is 10.3 Å². The lowest BCUT2D eigenvalue weighted by molar-refractivity contribution is -0.387. The molecule has 0 radical (unpaired) electrons. The van der Waals surface area contributed by atoms with Crippen LogP contribution in [0.25, 0.3) is 22.3 Å². The third-order valence-electron chi connectivity index (χ3n) is 6.45. The molecule has 1 aliphatic carbocycles. The first-order valence-corrected chi connectivity index (χ1v) is 12.0. The van der Waals surface area contributed by atoms with Crippen LogP contribution in [0.15, 0.2) is 45.4 Å². The molecule has 2 aromatic heterocycles. The Labute approximate surface area is 221 Å². The fourth-order valence-electron chi connectivity index (χ4n) is 4.48. The maximum Gasteiger partial charge on any atom is 0.305 e. The Kier molecular flexibility index (Phi) is 7.72. The largest absolute Gasteiger partial charge is 0.393 e. The molecule has 0 bridgehead atoms. The summed E-state index contributed by atoms with van der Waals surface area (Å²) in [5.41, 5.74) is 3.93. The Hall–Kier alpha value is -4.65. The molecule has 13 heteroatoms. The zero-order valence-corrected chi connectivity index (χ0v) is 21.6. The van der Waals surface area contributed by atoms with E-state index in [4.69, 9.17) is 9.05 Å². The van der Waals surface area contributed by atoms with E-state index in [-0.39, 0.29) is 17.8 Å². The number of halogens is 1. The number of aliphatic hydroxyl groups excluding tert-OH is 1. The summed E-state index contributed by atoms with van der Waals surface area (Å²) < 4.78 is 23.3. The minimum absolute atomic E-state index is 0.0129. The predicted octanol–water partition coefficient (Wildman–Crippen LogP) is 5.81. The van der Waals surface area contributed by atoms with Gasteiger partial charge in [-0.15, -0.1) is 0 Å². The second kappa shape index (κ2) is 11.0. The van der Waals surface area contributed by atoms with Crippen LogP contribution in [0.4, 0.5) is 21.5 Å². The monoisotopic (exact) mass is 539 g/mol. The van der Waals surface area contributed by atoms with Crippen molar-refractivity contribution in [2.75, 3.05) is 5.32 Å². The summed E-state index contributed by atoms with van der Waals surface area (Å²) in [5, 5.41) is 42.0. The van der Waals surface area contributed by atoms with Gasteiger partial charge in [-0.3, -0.25) is 20.2 Å². The Balaban J connectivity index is 0.000000187. The molecule has 0 spiro atoms. The Bertz CT molecular complexity index is 1500. The van der Waals surface area contributed by atoms with Gasteiger partial charge in [0.05, 0.1) is 27.3 Å². The molecular formula is C26H26FN5O7. The quantitative estimate of drug-likeness (QED) is 0.225. The summed E-state index contributed by atoms with van der Waals surface area (Å²) in [4.78, 5) is 20.8. The van der Waals surface area contributed by atoms with E-state index in [9.17, 15) is 29.7 Å². The van der Waals surface area contributed by atoms with E-state index in [0.29, 0.717) is 58.1 Å². The lowest BCUT2D eigenvalue weighted by Gasteiger charge is -2.32. The van der Waals surface area contributed by atoms with Crippen molar-refractivity contribution >= 4 is 17.1 Å². The standard InChI is InChI=1S/C15H17N3O4.C11H9FN2O3/c1-8-15(9(2)22-17-8)10-3-4-13(14(5-10)18(20)21)16-11-6-12(19)7-11;1-6-11(7(2)17-13-6)8-3-4-9(12)10(5-8)14(15)16/h3-5,11-12,16,19H,6-7H2,1-2H3;3-5H,1-2H3. The van der Waals surface area contributed by atoms with Crippen LogP contribution in [0.3, 0.4) is 0 Å². The molecule has 2 N–H and O–H groups in total. The number of aryl methyl sites for hydroxylation is 4. The first kappa shape index (κ1) is 27.4. The summed E-state index contributed by atoms with van der Waals surface area (Å²) in [5.74, 6) is 0.323. The molecule has 1 fully saturated rings. The highest BCUT2D eigenvalue weighted by Gasteiger charge is 2.29. The number of aliphatic hydroxyl groups is 1. The molecule has 1 aliphatic rings. The molecule has 39 heavy (non-hydrogen) atoms. The fourth-order valence-corrected chi connectivity index (χ4v) is 4.48. The number of anilines is 1. The van der Waals surface area contributed by atoms with E-state index in [0.717, 1.165) is 11.6 Å². The van der Waals surface area contributed by atoms with Crippen molar-refractivity contribution in [2.24, 2.45) is 0 Å². The average molecular weight is 540 g/mol. The summed E-state index contributed by atoms with van der Waals surface area (Å²) >= 11 is 0. The molecule has 0 unspecified atom stereocenters. The van der Waals surface area contributed by atoms with Gasteiger partial charge in [-0.2, -0.15) is 4.39 Å². The van der Waals surface area contributed by atoms with Crippen molar-refractivity contribution in [3.05, 3.63) is 85.4 Å². The van der Waals surface area contributed by atoms with Gasteiger partial charge in [0, 0.05) is 29.3 Å². The van der Waals surface area contributed by atoms with Gasteiger partial charge >= 0.3 is 5.69 Å². The van der Waals surface area contributed by atoms with E-state index in [1.807, 2.05) is 6.07 Å². The molecule has 12 nitrogen and oxygen atoms in total. The minimum atomic E-state index is -0.856. The number of hydrogen-bond acceptors (Lipinski definition) is 10. The molecule has 2 heterocycles. The van der Waals surface area contributed by atoms with Crippen LogP contribution in [0, 0.1) is 53.7 Å². The summed E-state index contributed by atoms with van der Waals surface area (Å²) in [7, 11) is 0. The van der Waals surface area contributed by atoms with Crippen LogP contribution in [-0.4, -0.2) is 37.4 Å². The molecule has 5 rings (SSSR count). The van der Waals surface area contributed by atoms with Gasteiger partial charge in [0.25, 0.3) is 5.69 Å². The lowest BCUT2D eigenvalue weighted by Crippen LogP contribution is -2.39. The predicted molar refractivity (Wildman–Crippen MR) is 139 cm³/mol. The molecule has 0 saturated heterocycles. The second-order valence-corrected chi connectivity index (χ2v) is 9.28. The maximum atomic E-state index is 13.2. The molecule has 4 aromatic rings. The van der Waals surface area contributed by atoms with Crippen LogP contribution in [-0.2, 0) is 0 Å². The SMILES string of the molecule is Cc1noc(C)c1-c1ccc(F)c([N+](=O)[O-])c1.Cc1noc(C)c1-c1ccc(NC2CC(O)C2)c([N+](=O)[O-])c1. The van der Waals surface area contributed by atoms with Crippen LogP contribution < -0.4 is 5.32 Å². The average Bonchev–Trinajstić information content (AvgIpc) is 3.38. The highest BCUT2D eigenvalue weighted by molar-refractivity contribution is 5.75. The first-order valence-electron chi connectivity index (χ1n) is 12.0. The van der Waals surface area contributed by atoms with E-state index in [1.165, 1.54) is 18.2 Å². The first-order chi connectivity index (χ1) is 18.5. The zero-order valence-electron chi connectivity index (χ0n) is 21.6. The van der Waals surface area contributed by atoms with Crippen molar-refractivity contribution in [3.63, 3.8) is 0 Å². The fraction of sp³-hybridized carbons (Fsp3) is 0.308. The van der Waals surface area contributed by atoms with Crippen LogP contribution in [0.1, 0.15) is 35.7 Å². The van der Waals surface area contributed by atoms with Crippen LogP contribution in [0.5, 0.6) is 0 Å². The number of benzene rings is 2. The number of aromatic nitrogens is 2. The number of nitro benzene ring substituents is 2. The normalized spacial score (nSPS) is 16.2. The zero-order chi connectivity index (χ0) is 28.4. The van der Waals surface area contributed by atoms with Crippen LogP contribution in [0.2, 0.25) is 0 Å². The van der Waals surface area contributed by atoms with Crippen molar-refractivity contribution < 1.29 is 28.4 Å². The van der Waals surface area contributed by atoms with E-state index in [1.54, 1.807) is 33.8 Å². The molecule has 0 atom stereocenters. The number of nitro groups is 2. The number of nitrogens with one attached hydrogen (secondary N) is 1. The molecular weight excluding hydrogens is 513 g/mol. The Morgan fingerprint density at radius 1 is 0.872 bits per heavy atom. The smallest absolute Gasteiger partial charge is 0.305 e. The van der Waals surface area contributed by atoms with Crippen molar-refractivity contribution in [1.29, 1.82) is 0 Å². The summed E-state index contributed by atoms with van der Waals surface area (Å²) in [6, 6.07) is 8.85. The lowest BCUT2D eigenvalue weighted by atomic mass is 9.89. The molecule has 0 amide bonds. The van der Waals surface area contributed by atoms with Gasteiger partial charge in [-0.25, -0.2) is 0 Å². The van der Waals surface area contributed by atoms with Gasteiger partial charge in [-0.05, 0) is 63.8 Å². The summed E-state index contributed by atoms with van der Waals surface area (Å²) in [6.45, 7) is 7.01. The topological polar surface area (TPSA) is 171 Å². The molecule has 2 aromatic carbocycles. The number of rotatable bonds is 6. The highest BCUT2D eigenvalue weighted by Crippen LogP contribution is 2.36. The van der Waals surface area contributed by atoms with Gasteiger partial charge in [0.15, 0.2) is 0 Å². The third-order valence-corrected chi connectivity index (χ3v) is 6.45. The maximum absolute atomic E-state index is 13.2. The molecule has 0 aliphatic heterocycles. The Morgan fingerprint density at radius 2 is 1.36 bits per heavy atom. The van der Waals surface area contributed by atoms with E-state index < -0.39 is 21.4 Å². The van der Waals surface area contributed by atoms with Crippen molar-refractivity contribution in [2.45, 2.75) is 52.7 Å². The van der Waals surface area contributed by atoms with Gasteiger partial charge in [0.2, 0.25) is 5.82 Å². The second-order valence-electron chi connectivity index (χ2n) is 9.28. The van der Waals surface area contributed by atoms with Crippen LogP contribution >= 0.6 is 0 Å². The van der Waals surface area contributed by atoms with E-state index >= 15 is 0 Å². The Morgan fingerprint density at radius 3 is 1.79 bits per heavy atom. The van der Waals surface area contributed by atoms with Gasteiger partial charge in [-0.1, -0.05) is 22.4 Å². The van der Waals surface area contributed by atoms with E-state index in [2.05, 4.69) is 15.6 Å².